The van der Waals surface area contributed by atoms with Crippen LogP contribution in [0, 0.1) is 0 Å². The lowest BCUT2D eigenvalue weighted by molar-refractivity contribution is -0.110. The Morgan fingerprint density at radius 1 is 1.24 bits per heavy atom. The Labute approximate surface area is 128 Å². The molecule has 1 amide bonds. The molecular formula is C17H14ClNO2. The number of hydrogen-bond acceptors (Lipinski definition) is 2. The fourth-order valence-electron chi connectivity index (χ4n) is 2.32. The summed E-state index contributed by atoms with van der Waals surface area (Å²) in [5, 5.41) is 3.48. The van der Waals surface area contributed by atoms with Crippen LogP contribution in [0.3, 0.4) is 0 Å². The van der Waals surface area contributed by atoms with E-state index in [0.717, 1.165) is 22.6 Å². The highest BCUT2D eigenvalue weighted by Gasteiger charge is 2.24. The predicted molar refractivity (Wildman–Crippen MR) is 85.6 cm³/mol. The average Bonchev–Trinajstić information content (AvgIpc) is 2.77. The lowest BCUT2D eigenvalue weighted by atomic mass is 10.0. The molecule has 0 radical (unpaired) electrons. The summed E-state index contributed by atoms with van der Waals surface area (Å²) >= 11 is 6.15. The van der Waals surface area contributed by atoms with Gasteiger partial charge in [-0.1, -0.05) is 29.8 Å². The monoisotopic (exact) mass is 299 g/mol. The molecule has 1 aliphatic rings. The number of hydrogen-bond donors (Lipinski definition) is 1. The quantitative estimate of drug-likeness (QED) is 0.861. The van der Waals surface area contributed by atoms with Gasteiger partial charge in [0, 0.05) is 22.2 Å². The normalized spacial score (nSPS) is 15.0. The summed E-state index contributed by atoms with van der Waals surface area (Å²) in [6, 6.07) is 13.0. The number of nitrogens with one attached hydrogen (secondary N) is 1. The van der Waals surface area contributed by atoms with E-state index in [2.05, 4.69) is 5.32 Å². The van der Waals surface area contributed by atoms with Crippen LogP contribution in [0.25, 0.3) is 11.6 Å². The average molecular weight is 300 g/mol. The Bertz CT molecular complexity index is 737. The van der Waals surface area contributed by atoms with Gasteiger partial charge < -0.3 is 10.1 Å². The number of anilines is 1. The van der Waals surface area contributed by atoms with Crippen molar-refractivity contribution in [3.05, 3.63) is 58.6 Å². The van der Waals surface area contributed by atoms with Crippen molar-refractivity contribution in [2.45, 2.75) is 6.92 Å². The van der Waals surface area contributed by atoms with E-state index in [9.17, 15) is 4.79 Å². The van der Waals surface area contributed by atoms with E-state index >= 15 is 0 Å². The summed E-state index contributed by atoms with van der Waals surface area (Å²) in [6.45, 7) is 2.52. The fraction of sp³-hybridized carbons (Fsp3) is 0.118. The largest absolute Gasteiger partial charge is 0.494 e. The smallest absolute Gasteiger partial charge is 0.256 e. The molecule has 2 aromatic carbocycles. The molecule has 0 saturated heterocycles. The van der Waals surface area contributed by atoms with E-state index in [1.54, 1.807) is 6.07 Å². The molecule has 0 unspecified atom stereocenters. The van der Waals surface area contributed by atoms with E-state index in [0.29, 0.717) is 17.2 Å². The van der Waals surface area contributed by atoms with Crippen LogP contribution in [0.5, 0.6) is 5.75 Å². The molecule has 1 aliphatic heterocycles. The first-order valence-corrected chi connectivity index (χ1v) is 7.11. The summed E-state index contributed by atoms with van der Waals surface area (Å²) in [4.78, 5) is 12.2. The van der Waals surface area contributed by atoms with Gasteiger partial charge in [-0.05, 0) is 36.8 Å². The summed E-state index contributed by atoms with van der Waals surface area (Å²) in [6.07, 6.45) is 1.81. The first-order valence-electron chi connectivity index (χ1n) is 6.74. The second-order valence-corrected chi connectivity index (χ2v) is 5.08. The number of benzene rings is 2. The minimum Gasteiger partial charge on any atom is -0.494 e. The third-order valence-corrected chi connectivity index (χ3v) is 3.63. The maximum atomic E-state index is 12.2. The molecule has 0 bridgehead atoms. The molecule has 0 aromatic heterocycles. The molecule has 106 valence electrons. The first kappa shape index (κ1) is 13.7. The highest BCUT2D eigenvalue weighted by molar-refractivity contribution is 6.37. The minimum atomic E-state index is -0.126. The Morgan fingerprint density at radius 3 is 2.81 bits per heavy atom. The van der Waals surface area contributed by atoms with Crippen LogP contribution < -0.4 is 10.1 Å². The van der Waals surface area contributed by atoms with Crippen LogP contribution in [0.2, 0.25) is 5.02 Å². The van der Waals surface area contributed by atoms with Gasteiger partial charge in [-0.2, -0.15) is 0 Å². The van der Waals surface area contributed by atoms with Crippen LogP contribution in [0.4, 0.5) is 5.69 Å². The fourth-order valence-corrected chi connectivity index (χ4v) is 2.51. The second-order valence-electron chi connectivity index (χ2n) is 4.67. The maximum absolute atomic E-state index is 12.2. The lowest BCUT2D eigenvalue weighted by Gasteiger charge is -2.05. The zero-order valence-corrected chi connectivity index (χ0v) is 12.3. The van der Waals surface area contributed by atoms with Gasteiger partial charge in [0.1, 0.15) is 5.75 Å². The molecule has 1 heterocycles. The van der Waals surface area contributed by atoms with Crippen molar-refractivity contribution in [2.75, 3.05) is 11.9 Å². The van der Waals surface area contributed by atoms with Crippen molar-refractivity contribution >= 4 is 34.8 Å². The second kappa shape index (κ2) is 5.62. The van der Waals surface area contributed by atoms with Crippen molar-refractivity contribution in [2.24, 2.45) is 0 Å². The molecule has 0 atom stereocenters. The van der Waals surface area contributed by atoms with Gasteiger partial charge in [-0.25, -0.2) is 0 Å². The number of amides is 1. The van der Waals surface area contributed by atoms with Crippen molar-refractivity contribution in [3.8, 4) is 5.75 Å². The summed E-state index contributed by atoms with van der Waals surface area (Å²) in [5.41, 5.74) is 3.07. The molecule has 0 fully saturated rings. The zero-order chi connectivity index (χ0) is 14.8. The van der Waals surface area contributed by atoms with Crippen molar-refractivity contribution in [1.29, 1.82) is 0 Å². The van der Waals surface area contributed by atoms with Gasteiger partial charge in [0.05, 0.1) is 12.3 Å². The van der Waals surface area contributed by atoms with Crippen LogP contribution >= 0.6 is 11.6 Å². The number of carbonyl (C=O) groups excluding carboxylic acids is 1. The third-order valence-electron chi connectivity index (χ3n) is 3.29. The van der Waals surface area contributed by atoms with E-state index in [1.807, 2.05) is 49.4 Å². The first-order chi connectivity index (χ1) is 10.2. The van der Waals surface area contributed by atoms with E-state index in [4.69, 9.17) is 16.3 Å². The van der Waals surface area contributed by atoms with E-state index < -0.39 is 0 Å². The van der Waals surface area contributed by atoms with Crippen LogP contribution in [0.15, 0.2) is 42.5 Å². The van der Waals surface area contributed by atoms with Gasteiger partial charge in [-0.3, -0.25) is 4.79 Å². The van der Waals surface area contributed by atoms with Crippen molar-refractivity contribution in [1.82, 2.24) is 0 Å². The number of carbonyl (C=O) groups is 1. The SMILES string of the molecule is CCOc1ccc2c(c1)NC(=O)/C2=C/c1ccccc1Cl. The molecular weight excluding hydrogens is 286 g/mol. The van der Waals surface area contributed by atoms with Gasteiger partial charge in [0.15, 0.2) is 0 Å². The topological polar surface area (TPSA) is 38.3 Å². The molecule has 2 aromatic rings. The van der Waals surface area contributed by atoms with E-state index in [-0.39, 0.29) is 5.91 Å². The summed E-state index contributed by atoms with van der Waals surface area (Å²) in [5.74, 6) is 0.620. The molecule has 1 N–H and O–H groups in total. The lowest BCUT2D eigenvalue weighted by Crippen LogP contribution is -2.03. The van der Waals surface area contributed by atoms with Gasteiger partial charge in [-0.15, -0.1) is 0 Å². The van der Waals surface area contributed by atoms with Crippen LogP contribution in [0.1, 0.15) is 18.1 Å². The number of rotatable bonds is 3. The number of ether oxygens (including phenoxy) is 1. The van der Waals surface area contributed by atoms with Gasteiger partial charge in [0.2, 0.25) is 0 Å². The van der Waals surface area contributed by atoms with Gasteiger partial charge in [0.25, 0.3) is 5.91 Å². The summed E-state index contributed by atoms with van der Waals surface area (Å²) < 4.78 is 5.45. The molecule has 3 rings (SSSR count). The van der Waals surface area contributed by atoms with Crippen LogP contribution in [-0.2, 0) is 4.79 Å². The number of fused-ring (bicyclic) bond motifs is 1. The standard InChI is InChI=1S/C17H14ClNO2/c1-2-21-12-7-8-13-14(17(20)19-16(13)10-12)9-11-5-3-4-6-15(11)18/h3-10H,2H2,1H3,(H,19,20)/b14-9+. The highest BCUT2D eigenvalue weighted by atomic mass is 35.5. The maximum Gasteiger partial charge on any atom is 0.256 e. The molecule has 21 heavy (non-hydrogen) atoms. The number of halogens is 1. The molecule has 0 spiro atoms. The Hall–Kier alpha value is -2.26. The van der Waals surface area contributed by atoms with Crippen LogP contribution in [-0.4, -0.2) is 12.5 Å². The molecule has 4 heteroatoms. The van der Waals surface area contributed by atoms with Gasteiger partial charge >= 0.3 is 0 Å². The molecule has 0 saturated carbocycles. The zero-order valence-electron chi connectivity index (χ0n) is 11.5. The van der Waals surface area contributed by atoms with E-state index in [1.165, 1.54) is 0 Å². The Kier molecular flexibility index (Phi) is 3.67. The Morgan fingerprint density at radius 2 is 2.05 bits per heavy atom. The summed E-state index contributed by atoms with van der Waals surface area (Å²) in [7, 11) is 0. The highest BCUT2D eigenvalue weighted by Crippen LogP contribution is 2.36. The predicted octanol–water partition coefficient (Wildman–Crippen LogP) is 4.23. The van der Waals surface area contributed by atoms with Crippen molar-refractivity contribution < 1.29 is 9.53 Å². The Balaban J connectivity index is 2.03. The minimum absolute atomic E-state index is 0.126. The molecule has 0 aliphatic carbocycles. The van der Waals surface area contributed by atoms with Crippen molar-refractivity contribution in [3.63, 3.8) is 0 Å². The molecule has 3 nitrogen and oxygen atoms in total. The third kappa shape index (κ3) is 2.65.